The first-order valence-corrected chi connectivity index (χ1v) is 13.4. The molecule has 1 amide bonds. The number of aliphatic hydroxyl groups is 1. The lowest BCUT2D eigenvalue weighted by molar-refractivity contribution is -0.154. The predicted molar refractivity (Wildman–Crippen MR) is 140 cm³/mol. The summed E-state index contributed by atoms with van der Waals surface area (Å²) in [6, 6.07) is -0.783. The standard InChI is InChI=1S/C28H53NO5/c1-8-9-10-11-12-13-14-15-16-17-18-19-20-21-24(30)23(22-33-25(31)27(2,3)4)29-26(32)34-28(5,6)7/h20-21,23-24,30H,8-19,22H2,1-7H3,(H,29,32)/b21-20+. The normalized spacial score (nSPS) is 14.1. The highest BCUT2D eigenvalue weighted by Crippen LogP contribution is 2.16. The molecule has 0 rings (SSSR count). The van der Waals surface area contributed by atoms with Crippen molar-refractivity contribution >= 4 is 12.1 Å². The monoisotopic (exact) mass is 483 g/mol. The van der Waals surface area contributed by atoms with Gasteiger partial charge in [-0.3, -0.25) is 4.79 Å². The Labute approximate surface area is 209 Å². The zero-order valence-corrected chi connectivity index (χ0v) is 23.1. The van der Waals surface area contributed by atoms with Crippen LogP contribution in [-0.2, 0) is 14.3 Å². The van der Waals surface area contributed by atoms with E-state index in [1.807, 2.05) is 6.08 Å². The maximum absolute atomic E-state index is 12.2. The van der Waals surface area contributed by atoms with E-state index in [0.717, 1.165) is 12.8 Å². The molecule has 6 nitrogen and oxygen atoms in total. The number of hydrogen-bond acceptors (Lipinski definition) is 5. The number of ether oxygens (including phenoxy) is 2. The van der Waals surface area contributed by atoms with Crippen molar-refractivity contribution in [1.82, 2.24) is 5.32 Å². The number of carbonyl (C=O) groups excluding carboxylic acids is 2. The number of aliphatic hydroxyl groups excluding tert-OH is 1. The van der Waals surface area contributed by atoms with E-state index in [2.05, 4.69) is 12.2 Å². The molecule has 2 N–H and O–H groups in total. The molecular formula is C28H53NO5. The Kier molecular flexibility index (Phi) is 17.0. The molecule has 0 fully saturated rings. The van der Waals surface area contributed by atoms with Gasteiger partial charge in [-0.1, -0.05) is 83.3 Å². The van der Waals surface area contributed by atoms with E-state index in [1.165, 1.54) is 64.2 Å². The number of allylic oxidation sites excluding steroid dienone is 1. The second kappa shape index (κ2) is 17.8. The summed E-state index contributed by atoms with van der Waals surface area (Å²) in [4.78, 5) is 24.3. The zero-order valence-electron chi connectivity index (χ0n) is 23.1. The Balaban J connectivity index is 4.36. The molecule has 0 spiro atoms. The van der Waals surface area contributed by atoms with Crippen LogP contribution < -0.4 is 5.32 Å². The topological polar surface area (TPSA) is 84.9 Å². The molecule has 0 aromatic heterocycles. The molecule has 0 aliphatic carbocycles. The third-order valence-corrected chi connectivity index (χ3v) is 5.43. The van der Waals surface area contributed by atoms with Crippen molar-refractivity contribution in [3.8, 4) is 0 Å². The minimum atomic E-state index is -0.979. The lowest BCUT2D eigenvalue weighted by Crippen LogP contribution is -2.48. The van der Waals surface area contributed by atoms with Crippen molar-refractivity contribution in [2.75, 3.05) is 6.61 Å². The van der Waals surface area contributed by atoms with Gasteiger partial charge < -0.3 is 19.9 Å². The summed E-state index contributed by atoms with van der Waals surface area (Å²) in [6.07, 6.45) is 17.1. The van der Waals surface area contributed by atoms with Crippen LogP contribution in [0.4, 0.5) is 4.79 Å². The second-order valence-electron chi connectivity index (χ2n) is 11.3. The minimum absolute atomic E-state index is 0.126. The second-order valence-corrected chi connectivity index (χ2v) is 11.3. The minimum Gasteiger partial charge on any atom is -0.463 e. The van der Waals surface area contributed by atoms with E-state index in [1.54, 1.807) is 47.6 Å². The number of hydrogen-bond donors (Lipinski definition) is 2. The highest BCUT2D eigenvalue weighted by Gasteiger charge is 2.28. The quantitative estimate of drug-likeness (QED) is 0.131. The Morgan fingerprint density at radius 1 is 0.853 bits per heavy atom. The van der Waals surface area contributed by atoms with E-state index in [4.69, 9.17) is 9.47 Å². The third kappa shape index (κ3) is 18.8. The first-order chi connectivity index (χ1) is 15.9. The first-order valence-electron chi connectivity index (χ1n) is 13.4. The van der Waals surface area contributed by atoms with Crippen LogP contribution in [0.3, 0.4) is 0 Å². The van der Waals surface area contributed by atoms with Crippen molar-refractivity contribution in [3.63, 3.8) is 0 Å². The highest BCUT2D eigenvalue weighted by atomic mass is 16.6. The molecule has 0 aliphatic rings. The Morgan fingerprint density at radius 3 is 1.82 bits per heavy atom. The number of rotatable bonds is 17. The Morgan fingerprint density at radius 2 is 1.35 bits per heavy atom. The summed E-state index contributed by atoms with van der Waals surface area (Å²) in [6.45, 7) is 12.7. The van der Waals surface area contributed by atoms with Gasteiger partial charge in [-0.2, -0.15) is 0 Å². The van der Waals surface area contributed by atoms with Crippen LogP contribution in [0.5, 0.6) is 0 Å². The van der Waals surface area contributed by atoms with Crippen molar-refractivity contribution in [3.05, 3.63) is 12.2 Å². The van der Waals surface area contributed by atoms with E-state index in [9.17, 15) is 14.7 Å². The molecule has 2 unspecified atom stereocenters. The van der Waals surface area contributed by atoms with Gasteiger partial charge in [0, 0.05) is 0 Å². The fourth-order valence-electron chi connectivity index (χ4n) is 3.36. The largest absolute Gasteiger partial charge is 0.463 e. The summed E-state index contributed by atoms with van der Waals surface area (Å²) in [5.41, 5.74) is -1.32. The van der Waals surface area contributed by atoms with Gasteiger partial charge in [-0.15, -0.1) is 0 Å². The van der Waals surface area contributed by atoms with Crippen molar-refractivity contribution in [1.29, 1.82) is 0 Å². The van der Waals surface area contributed by atoms with Crippen LogP contribution in [0.2, 0.25) is 0 Å². The Bertz CT molecular complexity index is 574. The molecule has 0 aliphatic heterocycles. The van der Waals surface area contributed by atoms with Crippen molar-refractivity contribution < 1.29 is 24.2 Å². The molecule has 0 saturated heterocycles. The Hall–Kier alpha value is -1.56. The fraction of sp³-hybridized carbons (Fsp3) is 0.857. The molecular weight excluding hydrogens is 430 g/mol. The van der Waals surface area contributed by atoms with E-state index in [0.29, 0.717) is 0 Å². The lowest BCUT2D eigenvalue weighted by atomic mass is 9.97. The number of carbonyl (C=O) groups is 2. The maximum Gasteiger partial charge on any atom is 0.408 e. The summed E-state index contributed by atoms with van der Waals surface area (Å²) in [7, 11) is 0. The molecule has 2 atom stereocenters. The molecule has 6 heteroatoms. The van der Waals surface area contributed by atoms with Crippen molar-refractivity contribution in [2.45, 2.75) is 143 Å². The van der Waals surface area contributed by atoms with Crippen LogP contribution in [0.1, 0.15) is 126 Å². The van der Waals surface area contributed by atoms with Gasteiger partial charge >= 0.3 is 12.1 Å². The van der Waals surface area contributed by atoms with Gasteiger partial charge in [0.05, 0.1) is 17.6 Å². The summed E-state index contributed by atoms with van der Waals surface area (Å²) in [5.74, 6) is -0.388. The zero-order chi connectivity index (χ0) is 26.0. The van der Waals surface area contributed by atoms with E-state index < -0.39 is 29.3 Å². The molecule has 0 aromatic rings. The van der Waals surface area contributed by atoms with Gasteiger partial charge in [0.2, 0.25) is 0 Å². The number of esters is 1. The molecule has 0 saturated carbocycles. The lowest BCUT2D eigenvalue weighted by Gasteiger charge is -2.26. The van der Waals surface area contributed by atoms with E-state index in [-0.39, 0.29) is 12.6 Å². The first kappa shape index (κ1) is 32.4. The molecule has 0 radical (unpaired) electrons. The molecule has 0 bridgehead atoms. The number of unbranched alkanes of at least 4 members (excludes halogenated alkanes) is 11. The van der Waals surface area contributed by atoms with Gasteiger partial charge in [-0.25, -0.2) is 4.79 Å². The molecule has 34 heavy (non-hydrogen) atoms. The van der Waals surface area contributed by atoms with Crippen LogP contribution in [0, 0.1) is 5.41 Å². The molecule has 0 aromatic carbocycles. The van der Waals surface area contributed by atoms with Gasteiger partial charge in [-0.05, 0) is 54.4 Å². The number of amides is 1. The number of alkyl carbamates (subject to hydrolysis) is 1. The maximum atomic E-state index is 12.2. The molecule has 200 valence electrons. The number of nitrogens with one attached hydrogen (secondary N) is 1. The predicted octanol–water partition coefficient (Wildman–Crippen LogP) is 7.09. The van der Waals surface area contributed by atoms with Gasteiger partial charge in [0.25, 0.3) is 0 Å². The molecule has 0 heterocycles. The summed E-state index contributed by atoms with van der Waals surface area (Å²) in [5, 5.41) is 13.2. The SMILES string of the molecule is CCCCCCCCCCCCC/C=C/C(O)C(COC(=O)C(C)(C)C)NC(=O)OC(C)(C)C. The van der Waals surface area contributed by atoms with Crippen LogP contribution in [0.15, 0.2) is 12.2 Å². The highest BCUT2D eigenvalue weighted by molar-refractivity contribution is 5.75. The van der Waals surface area contributed by atoms with Crippen molar-refractivity contribution in [2.24, 2.45) is 5.41 Å². The van der Waals surface area contributed by atoms with Crippen LogP contribution >= 0.6 is 0 Å². The average molecular weight is 484 g/mol. The smallest absolute Gasteiger partial charge is 0.408 e. The average Bonchev–Trinajstić information content (AvgIpc) is 2.71. The summed E-state index contributed by atoms with van der Waals surface area (Å²) < 4.78 is 10.6. The third-order valence-electron chi connectivity index (χ3n) is 5.43. The van der Waals surface area contributed by atoms with E-state index >= 15 is 0 Å². The van der Waals surface area contributed by atoms with Gasteiger partial charge in [0.1, 0.15) is 12.2 Å². The van der Waals surface area contributed by atoms with Crippen LogP contribution in [0.25, 0.3) is 0 Å². The fourth-order valence-corrected chi connectivity index (χ4v) is 3.36. The summed E-state index contributed by atoms with van der Waals surface area (Å²) >= 11 is 0. The van der Waals surface area contributed by atoms with Gasteiger partial charge in [0.15, 0.2) is 0 Å². The van der Waals surface area contributed by atoms with Crippen LogP contribution in [-0.4, -0.2) is 41.5 Å².